The number of rotatable bonds is 2. The van der Waals surface area contributed by atoms with Crippen molar-refractivity contribution in [2.45, 2.75) is 0 Å². The molecular weight excluding hydrogens is 729 g/mol. The number of para-hydroxylation sites is 4. The van der Waals surface area contributed by atoms with Gasteiger partial charge in [0.1, 0.15) is 5.58 Å². The van der Waals surface area contributed by atoms with Crippen molar-refractivity contribution in [1.82, 2.24) is 19.1 Å². The van der Waals surface area contributed by atoms with Crippen LogP contribution >= 0.6 is 11.3 Å². The quantitative estimate of drug-likeness (QED) is 0.176. The highest BCUT2D eigenvalue weighted by molar-refractivity contribution is 7.25. The zero-order valence-electron chi connectivity index (χ0n) is 30.8. The van der Waals surface area contributed by atoms with Gasteiger partial charge in [-0.15, -0.1) is 11.3 Å². The fraction of sp³-hybridized carbons (Fsp3) is 0. The maximum absolute atomic E-state index is 6.64. The first-order chi connectivity index (χ1) is 28.8. The van der Waals surface area contributed by atoms with Gasteiger partial charge in [-0.05, 0) is 59.7 Å². The summed E-state index contributed by atoms with van der Waals surface area (Å²) in [5.41, 5.74) is 13.8. The smallest absolute Gasteiger partial charge is 0.238 e. The van der Waals surface area contributed by atoms with Crippen LogP contribution in [0.1, 0.15) is 0 Å². The SMILES string of the molecule is c1ccc2c(c1)-c1ccccc1-n1c3ccccc3c3cc4c(c-2c31)c1ccccc1n4-c1nc(-c2ccc3sc4ccccc4c3c2)c2c(n1)oc1ccccc12. The minimum absolute atomic E-state index is 0.569. The Labute approximate surface area is 334 Å². The molecule has 0 spiro atoms. The normalized spacial score (nSPS) is 12.5. The Morgan fingerprint density at radius 1 is 0.448 bits per heavy atom. The summed E-state index contributed by atoms with van der Waals surface area (Å²) in [6.45, 7) is 0. The lowest BCUT2D eigenvalue weighted by Crippen LogP contribution is -2.03. The summed E-state index contributed by atoms with van der Waals surface area (Å²) in [5.74, 6) is 0.573. The zero-order valence-corrected chi connectivity index (χ0v) is 31.6. The Bertz CT molecular complexity index is 3940. The molecule has 0 saturated carbocycles. The van der Waals surface area contributed by atoms with E-state index in [0.717, 1.165) is 44.0 Å². The van der Waals surface area contributed by atoms with Crippen LogP contribution < -0.4 is 0 Å². The molecule has 1 aliphatic rings. The van der Waals surface area contributed by atoms with Gasteiger partial charge in [0.15, 0.2) is 0 Å². The van der Waals surface area contributed by atoms with Crippen molar-refractivity contribution in [2.75, 3.05) is 0 Å². The molecule has 0 aliphatic carbocycles. The van der Waals surface area contributed by atoms with Gasteiger partial charge in [0.2, 0.25) is 11.7 Å². The third-order valence-electron chi connectivity index (χ3n) is 12.3. The summed E-state index contributed by atoms with van der Waals surface area (Å²) in [4.78, 5) is 10.9. The topological polar surface area (TPSA) is 48.8 Å². The third kappa shape index (κ3) is 3.89. The number of benzene rings is 8. The van der Waals surface area contributed by atoms with Gasteiger partial charge < -0.3 is 8.98 Å². The van der Waals surface area contributed by atoms with E-state index in [1.54, 1.807) is 0 Å². The molecule has 0 saturated heterocycles. The lowest BCUT2D eigenvalue weighted by atomic mass is 9.91. The van der Waals surface area contributed by atoms with Gasteiger partial charge in [-0.25, -0.2) is 4.98 Å². The number of hydrogen-bond donors (Lipinski definition) is 0. The van der Waals surface area contributed by atoms with E-state index in [1.165, 1.54) is 75.3 Å². The second kappa shape index (κ2) is 11.1. The van der Waals surface area contributed by atoms with E-state index in [1.807, 2.05) is 23.5 Å². The highest BCUT2D eigenvalue weighted by Gasteiger charge is 2.30. The Kier molecular flexibility index (Phi) is 5.85. The summed E-state index contributed by atoms with van der Waals surface area (Å²) in [5, 5.41) is 9.12. The zero-order chi connectivity index (χ0) is 37.6. The van der Waals surface area contributed by atoms with Crippen LogP contribution in [0.25, 0.3) is 131 Å². The van der Waals surface area contributed by atoms with Gasteiger partial charge in [-0.3, -0.25) is 4.57 Å². The van der Waals surface area contributed by atoms with E-state index < -0.39 is 0 Å². The molecule has 0 amide bonds. The molecule has 0 atom stereocenters. The summed E-state index contributed by atoms with van der Waals surface area (Å²) in [6.07, 6.45) is 0. The summed E-state index contributed by atoms with van der Waals surface area (Å²) in [6, 6.07) is 61.2. The predicted molar refractivity (Wildman–Crippen MR) is 241 cm³/mol. The maximum Gasteiger partial charge on any atom is 0.238 e. The maximum atomic E-state index is 6.64. The van der Waals surface area contributed by atoms with Gasteiger partial charge in [0.25, 0.3) is 0 Å². The average molecular weight is 757 g/mol. The van der Waals surface area contributed by atoms with E-state index in [0.29, 0.717) is 11.7 Å². The first-order valence-electron chi connectivity index (χ1n) is 19.6. The van der Waals surface area contributed by atoms with Crippen LogP contribution in [0, 0.1) is 0 Å². The molecule has 13 aromatic rings. The number of hydrogen-bond acceptors (Lipinski definition) is 4. The molecule has 0 bridgehead atoms. The number of thiophene rings is 1. The second-order valence-electron chi connectivity index (χ2n) is 15.3. The highest BCUT2D eigenvalue weighted by atomic mass is 32.1. The van der Waals surface area contributed by atoms with Crippen LogP contribution in [-0.4, -0.2) is 19.1 Å². The molecule has 0 radical (unpaired) electrons. The molecule has 6 heteroatoms. The van der Waals surface area contributed by atoms with E-state index in [-0.39, 0.29) is 0 Å². The van der Waals surface area contributed by atoms with Crippen molar-refractivity contribution in [1.29, 1.82) is 0 Å². The molecule has 0 N–H and O–H groups in total. The van der Waals surface area contributed by atoms with Crippen molar-refractivity contribution < 1.29 is 4.42 Å². The molecule has 5 aromatic heterocycles. The number of furan rings is 1. The fourth-order valence-electron chi connectivity index (χ4n) is 9.93. The van der Waals surface area contributed by atoms with E-state index in [4.69, 9.17) is 14.4 Å². The minimum atomic E-state index is 0.569. The molecule has 5 nitrogen and oxygen atoms in total. The molecule has 58 heavy (non-hydrogen) atoms. The van der Waals surface area contributed by atoms with Crippen LogP contribution in [0.2, 0.25) is 0 Å². The minimum Gasteiger partial charge on any atom is -0.437 e. The van der Waals surface area contributed by atoms with E-state index >= 15 is 0 Å². The Hall–Kier alpha value is -7.54. The van der Waals surface area contributed by atoms with Crippen LogP contribution in [0.5, 0.6) is 0 Å². The van der Waals surface area contributed by atoms with Gasteiger partial charge in [0.05, 0.1) is 38.8 Å². The molecule has 0 fully saturated rings. The van der Waals surface area contributed by atoms with Crippen molar-refractivity contribution in [2.24, 2.45) is 0 Å². The Morgan fingerprint density at radius 2 is 1.12 bits per heavy atom. The van der Waals surface area contributed by atoms with Crippen LogP contribution in [-0.2, 0) is 0 Å². The van der Waals surface area contributed by atoms with Crippen LogP contribution in [0.15, 0.2) is 174 Å². The predicted octanol–water partition coefficient (Wildman–Crippen LogP) is 14.3. The number of nitrogens with zero attached hydrogens (tertiary/aromatic N) is 4. The molecule has 14 rings (SSSR count). The van der Waals surface area contributed by atoms with Crippen molar-refractivity contribution in [3.63, 3.8) is 0 Å². The highest BCUT2D eigenvalue weighted by Crippen LogP contribution is 2.52. The number of fused-ring (bicyclic) bond motifs is 18. The lowest BCUT2D eigenvalue weighted by molar-refractivity contribution is 0.651. The molecular formula is C52H28N4OS. The van der Waals surface area contributed by atoms with Crippen molar-refractivity contribution in [3.05, 3.63) is 170 Å². The summed E-state index contributed by atoms with van der Waals surface area (Å²) in [7, 11) is 0. The first-order valence-corrected chi connectivity index (χ1v) is 20.4. The van der Waals surface area contributed by atoms with Gasteiger partial charge >= 0.3 is 0 Å². The largest absolute Gasteiger partial charge is 0.437 e. The van der Waals surface area contributed by atoms with Gasteiger partial charge in [0, 0.05) is 63.8 Å². The molecule has 0 unspecified atom stereocenters. The molecule has 8 aromatic carbocycles. The monoisotopic (exact) mass is 756 g/mol. The summed E-state index contributed by atoms with van der Waals surface area (Å²) >= 11 is 1.82. The molecule has 268 valence electrons. The molecule has 1 aliphatic heterocycles. The molecule has 6 heterocycles. The summed E-state index contributed by atoms with van der Waals surface area (Å²) < 4.78 is 13.9. The van der Waals surface area contributed by atoms with Gasteiger partial charge in [-0.2, -0.15) is 4.98 Å². The Balaban J connectivity index is 1.16. The number of aromatic nitrogens is 4. The van der Waals surface area contributed by atoms with E-state index in [9.17, 15) is 0 Å². The van der Waals surface area contributed by atoms with E-state index in [2.05, 4.69) is 167 Å². The first kappa shape index (κ1) is 30.7. The average Bonchev–Trinajstić information content (AvgIpc) is 4.01. The Morgan fingerprint density at radius 3 is 2.00 bits per heavy atom. The van der Waals surface area contributed by atoms with Crippen LogP contribution in [0.4, 0.5) is 0 Å². The third-order valence-corrected chi connectivity index (χ3v) is 13.5. The standard InChI is InChI=1S/C52H28N4OS/c1-2-17-34-30(13-1)31-14-3-8-20-39(31)55-40-21-9-4-15-32(40)38-28-42-46(47(34)50(38)55)35-18-5-10-22-41(35)56(42)52-53-49(48-36-19-6-11-23-43(36)57-51(48)54-52)29-25-26-45-37(27-29)33-16-7-12-24-44(33)58-45/h1-28H. The second-order valence-corrected chi connectivity index (χ2v) is 16.4. The fourth-order valence-corrected chi connectivity index (χ4v) is 11.0. The van der Waals surface area contributed by atoms with Gasteiger partial charge in [-0.1, -0.05) is 121 Å². The van der Waals surface area contributed by atoms with Crippen molar-refractivity contribution >= 4 is 97.2 Å². The lowest BCUT2D eigenvalue weighted by Gasteiger charge is -2.12. The van der Waals surface area contributed by atoms with Crippen LogP contribution in [0.3, 0.4) is 0 Å². The van der Waals surface area contributed by atoms with Crippen molar-refractivity contribution in [3.8, 4) is 45.1 Å².